The maximum absolute atomic E-state index is 11.7. The van der Waals surface area contributed by atoms with Crippen molar-refractivity contribution in [2.24, 2.45) is 5.92 Å². The maximum atomic E-state index is 11.7. The molecule has 1 aliphatic carbocycles. The van der Waals surface area contributed by atoms with Crippen molar-refractivity contribution in [3.05, 3.63) is 24.3 Å². The van der Waals surface area contributed by atoms with Crippen molar-refractivity contribution in [1.29, 1.82) is 0 Å². The Morgan fingerprint density at radius 3 is 2.59 bits per heavy atom. The van der Waals surface area contributed by atoms with Gasteiger partial charge in [0.15, 0.2) is 0 Å². The lowest BCUT2D eigenvalue weighted by molar-refractivity contribution is -0.141. The highest BCUT2D eigenvalue weighted by molar-refractivity contribution is 5.93. The first-order chi connectivity index (χ1) is 8.16. The van der Waals surface area contributed by atoms with E-state index in [1.54, 1.807) is 0 Å². The van der Waals surface area contributed by atoms with Crippen molar-refractivity contribution < 1.29 is 14.7 Å². The third-order valence-electron chi connectivity index (χ3n) is 2.94. The predicted octanol–water partition coefficient (Wildman–Crippen LogP) is 0.460. The average Bonchev–Trinajstić information content (AvgIpc) is 2.79. The molecule has 17 heavy (non-hydrogen) atoms. The number of rotatable bonds is 3. The normalized spacial score (nSPS) is 23.3. The van der Waals surface area contributed by atoms with E-state index in [2.05, 4.69) is 15.3 Å². The highest BCUT2D eigenvalue weighted by Gasteiger charge is 2.30. The van der Waals surface area contributed by atoms with Gasteiger partial charge in [-0.3, -0.25) is 9.59 Å². The largest absolute Gasteiger partial charge is 0.481 e. The van der Waals surface area contributed by atoms with Crippen LogP contribution in [0.5, 0.6) is 0 Å². The number of hydrogen-bond donors (Lipinski definition) is 2. The van der Waals surface area contributed by atoms with Crippen LogP contribution >= 0.6 is 0 Å². The lowest BCUT2D eigenvalue weighted by atomic mass is 10.1. The Balaban J connectivity index is 1.91. The van der Waals surface area contributed by atoms with Crippen LogP contribution in [0, 0.1) is 5.92 Å². The number of nitrogens with one attached hydrogen (secondary N) is 1. The lowest BCUT2D eigenvalue weighted by Crippen LogP contribution is -2.33. The monoisotopic (exact) mass is 235 g/mol. The van der Waals surface area contributed by atoms with E-state index in [0.29, 0.717) is 24.8 Å². The van der Waals surface area contributed by atoms with Gasteiger partial charge < -0.3 is 10.4 Å². The quantitative estimate of drug-likeness (QED) is 0.794. The van der Waals surface area contributed by atoms with Gasteiger partial charge in [0.05, 0.1) is 11.5 Å². The molecule has 6 nitrogen and oxygen atoms in total. The number of carbonyl (C=O) groups excluding carboxylic acids is 1. The minimum absolute atomic E-state index is 0.0659. The van der Waals surface area contributed by atoms with Crippen LogP contribution in [0.1, 0.15) is 29.6 Å². The molecule has 2 unspecified atom stereocenters. The molecule has 0 saturated heterocycles. The number of carboxylic acids is 1. The fourth-order valence-corrected chi connectivity index (χ4v) is 2.02. The second-order valence-electron chi connectivity index (χ2n) is 4.15. The SMILES string of the molecule is O=C(NC1CCC(C(=O)O)C1)c1cncnc1. The molecule has 1 fully saturated rings. The van der Waals surface area contributed by atoms with E-state index in [-0.39, 0.29) is 17.9 Å². The first kappa shape index (κ1) is 11.5. The summed E-state index contributed by atoms with van der Waals surface area (Å²) in [6.45, 7) is 0. The molecule has 0 bridgehead atoms. The minimum Gasteiger partial charge on any atom is -0.481 e. The van der Waals surface area contributed by atoms with E-state index >= 15 is 0 Å². The summed E-state index contributed by atoms with van der Waals surface area (Å²) in [4.78, 5) is 30.0. The van der Waals surface area contributed by atoms with E-state index in [0.717, 1.165) is 0 Å². The third kappa shape index (κ3) is 2.77. The topological polar surface area (TPSA) is 92.2 Å². The van der Waals surface area contributed by atoms with Crippen LogP contribution < -0.4 is 5.32 Å². The summed E-state index contributed by atoms with van der Waals surface area (Å²) >= 11 is 0. The van der Waals surface area contributed by atoms with E-state index in [1.165, 1.54) is 18.7 Å². The van der Waals surface area contributed by atoms with Gasteiger partial charge in [0.2, 0.25) is 0 Å². The van der Waals surface area contributed by atoms with Gasteiger partial charge in [-0.2, -0.15) is 0 Å². The van der Waals surface area contributed by atoms with E-state index in [4.69, 9.17) is 5.11 Å². The van der Waals surface area contributed by atoms with Crippen molar-refractivity contribution in [3.63, 3.8) is 0 Å². The van der Waals surface area contributed by atoms with E-state index in [1.807, 2.05) is 0 Å². The lowest BCUT2D eigenvalue weighted by Gasteiger charge is -2.11. The Kier molecular flexibility index (Phi) is 3.32. The summed E-state index contributed by atoms with van der Waals surface area (Å²) in [5.74, 6) is -1.38. The van der Waals surface area contributed by atoms with Crippen LogP contribution in [0.25, 0.3) is 0 Å². The van der Waals surface area contributed by atoms with E-state index < -0.39 is 5.97 Å². The first-order valence-corrected chi connectivity index (χ1v) is 5.45. The van der Waals surface area contributed by atoms with Gasteiger partial charge in [-0.25, -0.2) is 9.97 Å². The Hall–Kier alpha value is -1.98. The molecule has 0 spiro atoms. The summed E-state index contributed by atoms with van der Waals surface area (Å²) in [7, 11) is 0. The van der Waals surface area contributed by atoms with E-state index in [9.17, 15) is 9.59 Å². The molecule has 1 aromatic heterocycles. The number of aliphatic carboxylic acids is 1. The third-order valence-corrected chi connectivity index (χ3v) is 2.94. The van der Waals surface area contributed by atoms with Crippen molar-refractivity contribution in [2.75, 3.05) is 0 Å². The van der Waals surface area contributed by atoms with Crippen LogP contribution in [0.3, 0.4) is 0 Å². The fraction of sp³-hybridized carbons (Fsp3) is 0.455. The van der Waals surface area contributed by atoms with Crippen LogP contribution in [0.15, 0.2) is 18.7 Å². The number of amides is 1. The number of hydrogen-bond acceptors (Lipinski definition) is 4. The second kappa shape index (κ2) is 4.90. The van der Waals surface area contributed by atoms with Gasteiger partial charge in [0, 0.05) is 18.4 Å². The number of carbonyl (C=O) groups is 2. The summed E-state index contributed by atoms with van der Waals surface area (Å²) in [6.07, 6.45) is 6.04. The molecular weight excluding hydrogens is 222 g/mol. The highest BCUT2D eigenvalue weighted by atomic mass is 16.4. The average molecular weight is 235 g/mol. The molecular formula is C11H13N3O3. The Morgan fingerprint density at radius 1 is 1.29 bits per heavy atom. The molecule has 1 saturated carbocycles. The molecule has 1 heterocycles. The smallest absolute Gasteiger partial charge is 0.306 e. The molecule has 2 rings (SSSR count). The Morgan fingerprint density at radius 2 is 2.00 bits per heavy atom. The van der Waals surface area contributed by atoms with Crippen LogP contribution in [0.2, 0.25) is 0 Å². The molecule has 0 radical (unpaired) electrons. The molecule has 0 aliphatic heterocycles. The van der Waals surface area contributed by atoms with Crippen molar-refractivity contribution in [2.45, 2.75) is 25.3 Å². The first-order valence-electron chi connectivity index (χ1n) is 5.45. The molecule has 2 atom stereocenters. The van der Waals surface area contributed by atoms with Crippen molar-refractivity contribution in [3.8, 4) is 0 Å². The van der Waals surface area contributed by atoms with Gasteiger partial charge in [-0.1, -0.05) is 0 Å². The second-order valence-corrected chi connectivity index (χ2v) is 4.15. The Labute approximate surface area is 98.1 Å². The zero-order chi connectivity index (χ0) is 12.3. The molecule has 1 amide bonds. The molecule has 0 aromatic carbocycles. The fourth-order valence-electron chi connectivity index (χ4n) is 2.02. The summed E-state index contributed by atoms with van der Waals surface area (Å²) in [5, 5.41) is 11.6. The number of aromatic nitrogens is 2. The van der Waals surface area contributed by atoms with Crippen molar-refractivity contribution >= 4 is 11.9 Å². The van der Waals surface area contributed by atoms with Gasteiger partial charge >= 0.3 is 5.97 Å². The minimum atomic E-state index is -0.787. The zero-order valence-electron chi connectivity index (χ0n) is 9.17. The highest BCUT2D eigenvalue weighted by Crippen LogP contribution is 2.25. The van der Waals surface area contributed by atoms with Crippen LogP contribution in [-0.4, -0.2) is 33.0 Å². The van der Waals surface area contributed by atoms with Gasteiger partial charge in [0.1, 0.15) is 6.33 Å². The summed E-state index contributed by atoms with van der Waals surface area (Å²) in [5.41, 5.74) is 0.395. The maximum Gasteiger partial charge on any atom is 0.306 e. The zero-order valence-corrected chi connectivity index (χ0v) is 9.17. The molecule has 1 aromatic rings. The van der Waals surface area contributed by atoms with Gasteiger partial charge in [-0.05, 0) is 19.3 Å². The van der Waals surface area contributed by atoms with Crippen molar-refractivity contribution in [1.82, 2.24) is 15.3 Å². The summed E-state index contributed by atoms with van der Waals surface area (Å²) in [6, 6.07) is -0.0659. The molecule has 2 N–H and O–H groups in total. The Bertz CT molecular complexity index is 421. The van der Waals surface area contributed by atoms with Gasteiger partial charge in [-0.15, -0.1) is 0 Å². The molecule has 6 heteroatoms. The standard InChI is InChI=1S/C11H13N3O3/c15-10(8-4-12-6-13-5-8)14-9-2-1-7(3-9)11(16)17/h4-7,9H,1-3H2,(H,14,15)(H,16,17). The van der Waals surface area contributed by atoms with Gasteiger partial charge in [0.25, 0.3) is 5.91 Å². The predicted molar refractivity (Wildman–Crippen MR) is 58.3 cm³/mol. The molecule has 1 aliphatic rings. The number of nitrogens with zero attached hydrogens (tertiary/aromatic N) is 2. The van der Waals surface area contributed by atoms with Crippen LogP contribution in [-0.2, 0) is 4.79 Å². The number of carboxylic acid groups (broad SMARTS) is 1. The molecule has 90 valence electrons. The summed E-state index contributed by atoms with van der Waals surface area (Å²) < 4.78 is 0. The van der Waals surface area contributed by atoms with Crippen LogP contribution in [0.4, 0.5) is 0 Å².